The second kappa shape index (κ2) is 4.19. The van der Waals surface area contributed by atoms with Gasteiger partial charge >= 0.3 is 0 Å². The highest BCUT2D eigenvalue weighted by atomic mass is 16.3. The van der Waals surface area contributed by atoms with Crippen molar-refractivity contribution in [2.75, 3.05) is 13.2 Å². The topological polar surface area (TPSA) is 32.3 Å². The summed E-state index contributed by atoms with van der Waals surface area (Å²) in [6.07, 6.45) is 3.55. The molecule has 0 spiro atoms. The first-order valence-electron chi connectivity index (χ1n) is 5.77. The Kier molecular flexibility index (Phi) is 3.59. The predicted octanol–water partition coefficient (Wildman–Crippen LogP) is 2.17. The summed E-state index contributed by atoms with van der Waals surface area (Å²) in [5.74, 6) is 0.828. The Morgan fingerprint density at radius 1 is 1.36 bits per heavy atom. The average Bonchev–Trinajstić information content (AvgIpc) is 2.02. The highest BCUT2D eigenvalue weighted by molar-refractivity contribution is 5.00. The minimum Gasteiger partial charge on any atom is -0.394 e. The fourth-order valence-corrected chi connectivity index (χ4v) is 2.12. The van der Waals surface area contributed by atoms with Crippen molar-refractivity contribution in [2.24, 2.45) is 11.3 Å². The van der Waals surface area contributed by atoms with E-state index in [0.29, 0.717) is 12.0 Å². The molecule has 0 aliphatic heterocycles. The maximum Gasteiger partial charge on any atom is 0.0613 e. The second-order valence-electron chi connectivity index (χ2n) is 6.04. The van der Waals surface area contributed by atoms with Gasteiger partial charge in [0.15, 0.2) is 0 Å². The Morgan fingerprint density at radius 3 is 2.29 bits per heavy atom. The first kappa shape index (κ1) is 12.0. The zero-order valence-electron chi connectivity index (χ0n) is 10.1. The smallest absolute Gasteiger partial charge is 0.0613 e. The molecule has 2 N–H and O–H groups in total. The molecule has 1 aliphatic carbocycles. The molecule has 0 heterocycles. The quantitative estimate of drug-likeness (QED) is 0.727. The first-order chi connectivity index (χ1) is 6.41. The molecule has 0 aromatic heterocycles. The summed E-state index contributed by atoms with van der Waals surface area (Å²) in [6.45, 7) is 10.2. The fourth-order valence-electron chi connectivity index (χ4n) is 2.12. The minimum atomic E-state index is 0.0496. The van der Waals surface area contributed by atoms with Crippen molar-refractivity contribution < 1.29 is 5.11 Å². The van der Waals surface area contributed by atoms with E-state index in [1.165, 1.54) is 6.42 Å². The Labute approximate surface area is 88.1 Å². The third-order valence-electron chi connectivity index (χ3n) is 3.23. The van der Waals surface area contributed by atoms with Gasteiger partial charge in [-0.05, 0) is 24.2 Å². The van der Waals surface area contributed by atoms with Crippen molar-refractivity contribution in [2.45, 2.75) is 52.5 Å². The van der Waals surface area contributed by atoms with Crippen molar-refractivity contribution in [3.05, 3.63) is 0 Å². The van der Waals surface area contributed by atoms with Gasteiger partial charge in [0.05, 0.1) is 6.61 Å². The molecule has 0 bridgehead atoms. The molecule has 2 nitrogen and oxygen atoms in total. The third kappa shape index (κ3) is 2.96. The van der Waals surface area contributed by atoms with Crippen LogP contribution in [0.25, 0.3) is 0 Å². The van der Waals surface area contributed by atoms with Crippen LogP contribution in [0, 0.1) is 11.3 Å². The zero-order chi connectivity index (χ0) is 10.8. The first-order valence-corrected chi connectivity index (χ1v) is 5.77. The van der Waals surface area contributed by atoms with Gasteiger partial charge in [0, 0.05) is 12.1 Å². The molecule has 0 radical (unpaired) electrons. The molecule has 0 unspecified atom stereocenters. The van der Waals surface area contributed by atoms with Crippen LogP contribution in [0.5, 0.6) is 0 Å². The van der Waals surface area contributed by atoms with Gasteiger partial charge in [-0.3, -0.25) is 0 Å². The molecular weight excluding hydrogens is 174 g/mol. The van der Waals surface area contributed by atoms with Crippen LogP contribution < -0.4 is 5.32 Å². The number of hydrogen-bond acceptors (Lipinski definition) is 2. The molecule has 0 atom stereocenters. The number of hydrogen-bond donors (Lipinski definition) is 2. The van der Waals surface area contributed by atoms with Crippen LogP contribution in [-0.4, -0.2) is 23.8 Å². The Morgan fingerprint density at radius 2 is 1.93 bits per heavy atom. The molecule has 1 aliphatic rings. The number of aliphatic hydroxyl groups excluding tert-OH is 1. The van der Waals surface area contributed by atoms with Gasteiger partial charge in [-0.2, -0.15) is 0 Å². The minimum absolute atomic E-state index is 0.0496. The average molecular weight is 199 g/mol. The number of nitrogens with one attached hydrogen (secondary N) is 1. The summed E-state index contributed by atoms with van der Waals surface area (Å²) in [5, 5.41) is 12.9. The molecule has 1 fully saturated rings. The summed E-state index contributed by atoms with van der Waals surface area (Å²) >= 11 is 0. The second-order valence-corrected chi connectivity index (χ2v) is 6.04. The maximum absolute atomic E-state index is 9.38. The van der Waals surface area contributed by atoms with Crippen molar-refractivity contribution in [1.29, 1.82) is 0 Å². The lowest BCUT2D eigenvalue weighted by molar-refractivity contribution is 0.0312. The third-order valence-corrected chi connectivity index (χ3v) is 3.23. The lowest BCUT2D eigenvalue weighted by Crippen LogP contribution is -2.59. The number of aliphatic hydroxyl groups is 1. The SMILES string of the molecule is CCC1CC(CO)(NCC(C)(C)C)C1. The van der Waals surface area contributed by atoms with Crippen molar-refractivity contribution >= 4 is 0 Å². The van der Waals surface area contributed by atoms with Gasteiger partial charge in [-0.15, -0.1) is 0 Å². The van der Waals surface area contributed by atoms with E-state index in [2.05, 4.69) is 33.0 Å². The van der Waals surface area contributed by atoms with Crippen LogP contribution in [0.2, 0.25) is 0 Å². The van der Waals surface area contributed by atoms with E-state index in [1.54, 1.807) is 0 Å². The molecule has 0 aromatic rings. The summed E-state index contributed by atoms with van der Waals surface area (Å²) in [6, 6.07) is 0. The van der Waals surface area contributed by atoms with Gasteiger partial charge in [0.25, 0.3) is 0 Å². The lowest BCUT2D eigenvalue weighted by Gasteiger charge is -2.48. The molecule has 0 amide bonds. The van der Waals surface area contributed by atoms with E-state index in [4.69, 9.17) is 0 Å². The Bertz CT molecular complexity index is 177. The standard InChI is InChI=1S/C12H25NO/c1-5-10-6-12(7-10,9-14)13-8-11(2,3)4/h10,13-14H,5-9H2,1-4H3. The van der Waals surface area contributed by atoms with Crippen molar-refractivity contribution in [1.82, 2.24) is 5.32 Å². The maximum atomic E-state index is 9.38. The van der Waals surface area contributed by atoms with E-state index in [9.17, 15) is 5.11 Å². The largest absolute Gasteiger partial charge is 0.394 e. The molecule has 1 rings (SSSR count). The molecule has 2 heteroatoms. The normalized spacial score (nSPS) is 32.8. The van der Waals surface area contributed by atoms with Crippen molar-refractivity contribution in [3.63, 3.8) is 0 Å². The molecule has 0 saturated heterocycles. The van der Waals surface area contributed by atoms with Crippen LogP contribution in [0.3, 0.4) is 0 Å². The van der Waals surface area contributed by atoms with E-state index < -0.39 is 0 Å². The Balaban J connectivity index is 2.34. The van der Waals surface area contributed by atoms with Crippen molar-refractivity contribution in [3.8, 4) is 0 Å². The van der Waals surface area contributed by atoms with E-state index >= 15 is 0 Å². The van der Waals surface area contributed by atoms with Gasteiger partial charge in [0.2, 0.25) is 0 Å². The monoisotopic (exact) mass is 199 g/mol. The van der Waals surface area contributed by atoms with Gasteiger partial charge in [-0.25, -0.2) is 0 Å². The van der Waals surface area contributed by atoms with E-state index in [-0.39, 0.29) is 5.54 Å². The molecule has 84 valence electrons. The van der Waals surface area contributed by atoms with Crippen LogP contribution in [0.4, 0.5) is 0 Å². The molecule has 0 aromatic carbocycles. The number of rotatable bonds is 4. The van der Waals surface area contributed by atoms with Crippen LogP contribution >= 0.6 is 0 Å². The summed E-state index contributed by atoms with van der Waals surface area (Å²) < 4.78 is 0. The zero-order valence-corrected chi connectivity index (χ0v) is 10.1. The highest BCUT2D eigenvalue weighted by Gasteiger charge is 2.42. The summed E-state index contributed by atoms with van der Waals surface area (Å²) in [5.41, 5.74) is 0.355. The van der Waals surface area contributed by atoms with E-state index in [0.717, 1.165) is 25.3 Å². The lowest BCUT2D eigenvalue weighted by atomic mass is 9.67. The fraction of sp³-hybridized carbons (Fsp3) is 1.00. The molecule has 14 heavy (non-hydrogen) atoms. The van der Waals surface area contributed by atoms with Crippen LogP contribution in [0.15, 0.2) is 0 Å². The van der Waals surface area contributed by atoms with Crippen LogP contribution in [-0.2, 0) is 0 Å². The summed E-state index contributed by atoms with van der Waals surface area (Å²) in [7, 11) is 0. The molecule has 1 saturated carbocycles. The molecular formula is C12H25NO. The van der Waals surface area contributed by atoms with Gasteiger partial charge in [0.1, 0.15) is 0 Å². The highest BCUT2D eigenvalue weighted by Crippen LogP contribution is 2.39. The van der Waals surface area contributed by atoms with Gasteiger partial charge < -0.3 is 10.4 Å². The summed E-state index contributed by atoms with van der Waals surface area (Å²) in [4.78, 5) is 0. The van der Waals surface area contributed by atoms with Crippen LogP contribution in [0.1, 0.15) is 47.0 Å². The predicted molar refractivity (Wildman–Crippen MR) is 60.3 cm³/mol. The van der Waals surface area contributed by atoms with Gasteiger partial charge in [-0.1, -0.05) is 34.1 Å². The van der Waals surface area contributed by atoms with E-state index in [1.807, 2.05) is 0 Å². The Hall–Kier alpha value is -0.0800.